The summed E-state index contributed by atoms with van der Waals surface area (Å²) in [6.45, 7) is 3.13. The Bertz CT molecular complexity index is 337. The fourth-order valence-electron chi connectivity index (χ4n) is 1.58. The molecule has 0 aliphatic heterocycles. The van der Waals surface area contributed by atoms with Gasteiger partial charge in [-0.15, -0.1) is 12.3 Å². The number of hydrogen-bond acceptors (Lipinski definition) is 2. The summed E-state index contributed by atoms with van der Waals surface area (Å²) in [7, 11) is 1.67. The van der Waals surface area contributed by atoms with Crippen molar-refractivity contribution in [2.45, 2.75) is 25.8 Å². The zero-order valence-corrected chi connectivity index (χ0v) is 9.99. The molecule has 0 amide bonds. The van der Waals surface area contributed by atoms with Crippen LogP contribution in [0.25, 0.3) is 0 Å². The van der Waals surface area contributed by atoms with E-state index in [2.05, 4.69) is 30.3 Å². The van der Waals surface area contributed by atoms with Gasteiger partial charge in [0.1, 0.15) is 5.75 Å². The van der Waals surface area contributed by atoms with Gasteiger partial charge in [-0.1, -0.05) is 19.1 Å². The van der Waals surface area contributed by atoms with Gasteiger partial charge >= 0.3 is 0 Å². The Hall–Kier alpha value is -1.46. The van der Waals surface area contributed by atoms with E-state index < -0.39 is 0 Å². The van der Waals surface area contributed by atoms with Gasteiger partial charge in [0.2, 0.25) is 0 Å². The van der Waals surface area contributed by atoms with E-state index in [1.807, 2.05) is 12.1 Å². The number of rotatable bonds is 6. The first-order chi connectivity index (χ1) is 7.81. The van der Waals surface area contributed by atoms with Crippen molar-refractivity contribution in [3.05, 3.63) is 29.8 Å². The molecular formula is C14H19NO. The summed E-state index contributed by atoms with van der Waals surface area (Å²) in [6, 6.07) is 8.29. The van der Waals surface area contributed by atoms with Gasteiger partial charge in [0.15, 0.2) is 0 Å². The fraction of sp³-hybridized carbons (Fsp3) is 0.429. The second-order valence-corrected chi connectivity index (χ2v) is 3.69. The molecule has 1 N–H and O–H groups in total. The molecule has 0 aromatic heterocycles. The number of ether oxygens (including phenoxy) is 1. The summed E-state index contributed by atoms with van der Waals surface area (Å²) in [4.78, 5) is 0. The van der Waals surface area contributed by atoms with Gasteiger partial charge in [0, 0.05) is 12.5 Å². The van der Waals surface area contributed by atoms with Crippen LogP contribution in [0.1, 0.15) is 31.4 Å². The Morgan fingerprint density at radius 1 is 1.38 bits per heavy atom. The minimum Gasteiger partial charge on any atom is -0.497 e. The van der Waals surface area contributed by atoms with Crippen LogP contribution in [-0.2, 0) is 0 Å². The molecule has 0 radical (unpaired) electrons. The second-order valence-electron chi connectivity index (χ2n) is 3.69. The smallest absolute Gasteiger partial charge is 0.118 e. The van der Waals surface area contributed by atoms with Crippen molar-refractivity contribution in [2.24, 2.45) is 0 Å². The SMILES string of the molecule is C#CCC(NCCC)c1ccc(OC)cc1. The first-order valence-electron chi connectivity index (χ1n) is 5.62. The van der Waals surface area contributed by atoms with Gasteiger partial charge in [0.25, 0.3) is 0 Å². The molecule has 0 saturated carbocycles. The van der Waals surface area contributed by atoms with Crippen molar-refractivity contribution in [3.8, 4) is 18.1 Å². The third-order valence-corrected chi connectivity index (χ3v) is 2.48. The monoisotopic (exact) mass is 217 g/mol. The maximum Gasteiger partial charge on any atom is 0.118 e. The zero-order valence-electron chi connectivity index (χ0n) is 9.99. The molecule has 0 saturated heterocycles. The van der Waals surface area contributed by atoms with Crippen LogP contribution in [0.15, 0.2) is 24.3 Å². The lowest BCUT2D eigenvalue weighted by molar-refractivity contribution is 0.414. The van der Waals surface area contributed by atoms with E-state index in [4.69, 9.17) is 11.2 Å². The van der Waals surface area contributed by atoms with E-state index in [1.165, 1.54) is 5.56 Å². The van der Waals surface area contributed by atoms with E-state index >= 15 is 0 Å². The number of benzene rings is 1. The average Bonchev–Trinajstić information content (AvgIpc) is 2.35. The normalized spacial score (nSPS) is 11.8. The van der Waals surface area contributed by atoms with Crippen molar-refractivity contribution in [3.63, 3.8) is 0 Å². The Morgan fingerprint density at radius 3 is 2.56 bits per heavy atom. The highest BCUT2D eigenvalue weighted by atomic mass is 16.5. The first kappa shape index (κ1) is 12.6. The van der Waals surface area contributed by atoms with E-state index in [0.29, 0.717) is 6.42 Å². The minimum atomic E-state index is 0.246. The topological polar surface area (TPSA) is 21.3 Å². The molecule has 86 valence electrons. The summed E-state index contributed by atoms with van der Waals surface area (Å²) < 4.78 is 5.13. The summed E-state index contributed by atoms with van der Waals surface area (Å²) in [5.41, 5.74) is 1.22. The van der Waals surface area contributed by atoms with Gasteiger partial charge in [-0.2, -0.15) is 0 Å². The molecule has 0 spiro atoms. The van der Waals surface area contributed by atoms with Crippen molar-refractivity contribution < 1.29 is 4.74 Å². The first-order valence-corrected chi connectivity index (χ1v) is 5.62. The fourth-order valence-corrected chi connectivity index (χ4v) is 1.58. The Morgan fingerprint density at radius 2 is 2.06 bits per heavy atom. The maximum atomic E-state index is 5.38. The molecule has 1 rings (SSSR count). The van der Waals surface area contributed by atoms with Gasteiger partial charge in [-0.25, -0.2) is 0 Å². The molecule has 0 fully saturated rings. The molecule has 1 aromatic carbocycles. The predicted molar refractivity (Wildman–Crippen MR) is 67.5 cm³/mol. The van der Waals surface area contributed by atoms with Gasteiger partial charge < -0.3 is 10.1 Å². The predicted octanol–water partition coefficient (Wildman–Crippen LogP) is 2.76. The van der Waals surface area contributed by atoms with Crippen LogP contribution in [0.3, 0.4) is 0 Å². The lowest BCUT2D eigenvalue weighted by Crippen LogP contribution is -2.21. The highest BCUT2D eigenvalue weighted by molar-refractivity contribution is 5.29. The van der Waals surface area contributed by atoms with E-state index in [9.17, 15) is 0 Å². The molecule has 0 heterocycles. The van der Waals surface area contributed by atoms with Crippen molar-refractivity contribution in [1.29, 1.82) is 0 Å². The van der Waals surface area contributed by atoms with E-state index in [0.717, 1.165) is 18.7 Å². The lowest BCUT2D eigenvalue weighted by atomic mass is 10.0. The summed E-state index contributed by atoms with van der Waals surface area (Å²) >= 11 is 0. The highest BCUT2D eigenvalue weighted by Crippen LogP contribution is 2.19. The van der Waals surface area contributed by atoms with Crippen molar-refractivity contribution in [1.82, 2.24) is 5.32 Å². The van der Waals surface area contributed by atoms with Crippen LogP contribution >= 0.6 is 0 Å². The van der Waals surface area contributed by atoms with Crippen molar-refractivity contribution in [2.75, 3.05) is 13.7 Å². The largest absolute Gasteiger partial charge is 0.497 e. The van der Waals surface area contributed by atoms with E-state index in [1.54, 1.807) is 7.11 Å². The van der Waals surface area contributed by atoms with Crippen LogP contribution in [0, 0.1) is 12.3 Å². The van der Waals surface area contributed by atoms with Crippen molar-refractivity contribution >= 4 is 0 Å². The molecule has 0 aliphatic rings. The molecule has 16 heavy (non-hydrogen) atoms. The summed E-state index contributed by atoms with van der Waals surface area (Å²) in [5.74, 6) is 3.58. The third-order valence-electron chi connectivity index (χ3n) is 2.48. The molecule has 2 nitrogen and oxygen atoms in total. The number of terminal acetylenes is 1. The standard InChI is InChI=1S/C14H19NO/c1-4-6-14(15-11-5-2)12-7-9-13(16-3)10-8-12/h1,7-10,14-15H,5-6,11H2,2-3H3. The van der Waals surface area contributed by atoms with Crippen LogP contribution < -0.4 is 10.1 Å². The van der Waals surface area contributed by atoms with Crippen LogP contribution in [0.4, 0.5) is 0 Å². The van der Waals surface area contributed by atoms with Gasteiger partial charge in [0.05, 0.1) is 7.11 Å². The molecular weight excluding hydrogens is 198 g/mol. The highest BCUT2D eigenvalue weighted by Gasteiger charge is 2.08. The number of hydrogen-bond donors (Lipinski definition) is 1. The van der Waals surface area contributed by atoms with E-state index in [-0.39, 0.29) is 6.04 Å². The molecule has 0 aliphatic carbocycles. The van der Waals surface area contributed by atoms with Crippen LogP contribution in [0.5, 0.6) is 5.75 Å². The minimum absolute atomic E-state index is 0.246. The lowest BCUT2D eigenvalue weighted by Gasteiger charge is -2.16. The van der Waals surface area contributed by atoms with Gasteiger partial charge in [-0.3, -0.25) is 0 Å². The summed E-state index contributed by atoms with van der Waals surface area (Å²) in [6.07, 6.45) is 7.20. The second kappa shape index (κ2) is 6.92. The molecule has 0 bridgehead atoms. The average molecular weight is 217 g/mol. The molecule has 2 heteroatoms. The number of nitrogens with one attached hydrogen (secondary N) is 1. The van der Waals surface area contributed by atoms with Crippen LogP contribution in [0.2, 0.25) is 0 Å². The Balaban J connectivity index is 2.72. The summed E-state index contributed by atoms with van der Waals surface area (Å²) in [5, 5.41) is 3.44. The molecule has 1 aromatic rings. The maximum absolute atomic E-state index is 5.38. The molecule has 1 unspecified atom stereocenters. The Labute approximate surface area is 98.0 Å². The third kappa shape index (κ3) is 3.60. The quantitative estimate of drug-likeness (QED) is 0.740. The Kier molecular flexibility index (Phi) is 5.45. The molecule has 1 atom stereocenters. The van der Waals surface area contributed by atoms with Crippen LogP contribution in [-0.4, -0.2) is 13.7 Å². The van der Waals surface area contributed by atoms with Gasteiger partial charge in [-0.05, 0) is 30.7 Å². The number of methoxy groups -OCH3 is 1. The zero-order chi connectivity index (χ0) is 11.8.